The van der Waals surface area contributed by atoms with E-state index < -0.39 is 0 Å². The van der Waals surface area contributed by atoms with E-state index in [0.29, 0.717) is 11.5 Å². The van der Waals surface area contributed by atoms with Crippen LogP contribution in [-0.2, 0) is 0 Å². The number of aryl methyl sites for hydroxylation is 2. The number of hydrogen-bond acceptors (Lipinski definition) is 6. The van der Waals surface area contributed by atoms with E-state index in [4.69, 9.17) is 0 Å². The second-order valence-electron chi connectivity index (χ2n) is 7.04. The Balaban J connectivity index is 0.000000182. The molecule has 0 unspecified atom stereocenters. The van der Waals surface area contributed by atoms with Gasteiger partial charge in [-0.05, 0) is 85.6 Å². The predicted molar refractivity (Wildman–Crippen MR) is 130 cm³/mol. The van der Waals surface area contributed by atoms with Crippen LogP contribution in [0.25, 0.3) is 0 Å². The van der Waals surface area contributed by atoms with Crippen molar-refractivity contribution in [2.24, 2.45) is 0 Å². The molecule has 0 amide bonds. The Morgan fingerprint density at radius 2 is 0.875 bits per heavy atom. The van der Waals surface area contributed by atoms with E-state index in [9.17, 15) is 20.4 Å². The lowest BCUT2D eigenvalue weighted by Gasteiger charge is -2.06. The summed E-state index contributed by atoms with van der Waals surface area (Å²) in [5, 5.41) is 38.0. The van der Waals surface area contributed by atoms with Crippen molar-refractivity contribution in [1.82, 2.24) is 0 Å². The second kappa shape index (κ2) is 10.9. The molecule has 0 heterocycles. The summed E-state index contributed by atoms with van der Waals surface area (Å²) in [5.74, 6) is 1.09. The summed E-state index contributed by atoms with van der Waals surface area (Å²) in [5.41, 5.74) is 1.73. The van der Waals surface area contributed by atoms with Crippen molar-refractivity contribution in [1.29, 1.82) is 0 Å². The zero-order valence-corrected chi connectivity index (χ0v) is 19.3. The quantitative estimate of drug-likeness (QED) is 0.258. The van der Waals surface area contributed by atoms with Crippen molar-refractivity contribution in [3.8, 4) is 23.0 Å². The van der Waals surface area contributed by atoms with Crippen LogP contribution in [0.5, 0.6) is 23.0 Å². The number of para-hydroxylation sites is 2. The van der Waals surface area contributed by atoms with Crippen molar-refractivity contribution in [2.45, 2.75) is 33.4 Å². The fourth-order valence-corrected chi connectivity index (χ4v) is 4.62. The number of phenols is 4. The van der Waals surface area contributed by atoms with E-state index in [1.165, 1.54) is 11.8 Å². The van der Waals surface area contributed by atoms with E-state index in [1.54, 1.807) is 48.2 Å². The van der Waals surface area contributed by atoms with E-state index in [0.717, 1.165) is 30.7 Å². The van der Waals surface area contributed by atoms with Crippen molar-refractivity contribution < 1.29 is 20.4 Å². The van der Waals surface area contributed by atoms with Gasteiger partial charge in [-0.3, -0.25) is 0 Å². The van der Waals surface area contributed by atoms with Crippen LogP contribution in [-0.4, -0.2) is 20.4 Å². The first-order chi connectivity index (χ1) is 15.3. The highest BCUT2D eigenvalue weighted by Crippen LogP contribution is 2.38. The monoisotopic (exact) mass is 464 g/mol. The first-order valence-corrected chi connectivity index (χ1v) is 11.5. The fourth-order valence-electron chi connectivity index (χ4n) is 2.72. The number of rotatable bonds is 4. The molecule has 0 saturated carbocycles. The average Bonchev–Trinajstić information content (AvgIpc) is 2.77. The highest BCUT2D eigenvalue weighted by Gasteiger charge is 2.05. The van der Waals surface area contributed by atoms with Crippen LogP contribution in [0.2, 0.25) is 0 Å². The Morgan fingerprint density at radius 1 is 0.469 bits per heavy atom. The van der Waals surface area contributed by atoms with Crippen molar-refractivity contribution in [3.63, 3.8) is 0 Å². The molecule has 0 radical (unpaired) electrons. The minimum Gasteiger partial charge on any atom is -0.508 e. The Kier molecular flexibility index (Phi) is 7.98. The maximum Gasteiger partial charge on any atom is 0.129 e. The molecule has 32 heavy (non-hydrogen) atoms. The van der Waals surface area contributed by atoms with Gasteiger partial charge in [-0.2, -0.15) is 0 Å². The van der Waals surface area contributed by atoms with Crippen molar-refractivity contribution in [2.75, 3.05) is 0 Å². The van der Waals surface area contributed by atoms with Gasteiger partial charge in [-0.25, -0.2) is 0 Å². The summed E-state index contributed by atoms with van der Waals surface area (Å²) >= 11 is 2.95. The predicted octanol–water partition coefficient (Wildman–Crippen LogP) is 7.11. The minimum atomic E-state index is 0.228. The highest BCUT2D eigenvalue weighted by atomic mass is 32.2. The topological polar surface area (TPSA) is 80.9 Å². The van der Waals surface area contributed by atoms with Gasteiger partial charge in [0.25, 0.3) is 0 Å². The van der Waals surface area contributed by atoms with Gasteiger partial charge in [-0.15, -0.1) is 0 Å². The zero-order valence-electron chi connectivity index (χ0n) is 17.7. The van der Waals surface area contributed by atoms with Gasteiger partial charge in [0, 0.05) is 9.79 Å². The van der Waals surface area contributed by atoms with E-state index in [2.05, 4.69) is 0 Å². The molecular formula is C26H24O4S2. The Morgan fingerprint density at radius 3 is 1.25 bits per heavy atom. The third-order valence-corrected chi connectivity index (χ3v) is 6.63. The number of benzene rings is 4. The van der Waals surface area contributed by atoms with Gasteiger partial charge < -0.3 is 20.4 Å². The molecule has 0 bridgehead atoms. The molecule has 4 nitrogen and oxygen atoms in total. The summed E-state index contributed by atoms with van der Waals surface area (Å²) in [6.45, 7) is 3.75. The third kappa shape index (κ3) is 6.39. The lowest BCUT2D eigenvalue weighted by molar-refractivity contribution is 0.460. The van der Waals surface area contributed by atoms with Gasteiger partial charge in [-0.1, -0.05) is 47.8 Å². The third-order valence-electron chi connectivity index (χ3n) is 4.52. The summed E-state index contributed by atoms with van der Waals surface area (Å²) < 4.78 is 0. The molecule has 0 aromatic heterocycles. The van der Waals surface area contributed by atoms with Crippen molar-refractivity contribution >= 4 is 23.5 Å². The molecule has 4 aromatic rings. The first kappa shape index (κ1) is 23.4. The highest BCUT2D eigenvalue weighted by molar-refractivity contribution is 7.99. The first-order valence-electron chi connectivity index (χ1n) is 9.84. The molecule has 164 valence electrons. The molecule has 0 aliphatic carbocycles. The van der Waals surface area contributed by atoms with Gasteiger partial charge in [0.15, 0.2) is 0 Å². The van der Waals surface area contributed by atoms with Gasteiger partial charge in [0.1, 0.15) is 23.0 Å². The lowest BCUT2D eigenvalue weighted by Crippen LogP contribution is -1.79. The lowest BCUT2D eigenvalue weighted by atomic mass is 10.2. The molecule has 4 N–H and O–H groups in total. The summed E-state index contributed by atoms with van der Waals surface area (Å²) in [7, 11) is 0. The normalized spacial score (nSPS) is 10.3. The summed E-state index contributed by atoms with van der Waals surface area (Å²) in [4.78, 5) is 3.62. The standard InChI is InChI=1S/C14H14O2S.C12H10O2S/c1-9-7-11(3-5-13(9)15)17-12-4-6-14(16)10(2)8-12;13-9-5-1-3-7-11(9)15-12-8-4-2-6-10(12)14/h3-8,15-16H,1-2H3;1-8,13-14H. The van der Waals surface area contributed by atoms with Gasteiger partial charge in [0.2, 0.25) is 0 Å². The Bertz CT molecular complexity index is 1120. The molecule has 4 aromatic carbocycles. The second-order valence-corrected chi connectivity index (χ2v) is 9.27. The van der Waals surface area contributed by atoms with E-state index in [1.807, 2.05) is 62.4 Å². The molecule has 0 saturated heterocycles. The van der Waals surface area contributed by atoms with Crippen LogP contribution in [0, 0.1) is 13.8 Å². The van der Waals surface area contributed by atoms with Crippen LogP contribution in [0.15, 0.2) is 105 Å². The fraction of sp³-hybridized carbons (Fsp3) is 0.0769. The maximum absolute atomic E-state index is 9.56. The van der Waals surface area contributed by atoms with Crippen LogP contribution < -0.4 is 0 Å². The summed E-state index contributed by atoms with van der Waals surface area (Å²) in [6.07, 6.45) is 0. The smallest absolute Gasteiger partial charge is 0.129 e. The Hall–Kier alpha value is -3.22. The molecule has 0 aliphatic rings. The zero-order chi connectivity index (χ0) is 23.1. The van der Waals surface area contributed by atoms with Gasteiger partial charge in [0.05, 0.1) is 9.79 Å². The molecule has 0 spiro atoms. The maximum atomic E-state index is 9.56. The number of phenolic OH excluding ortho intramolecular Hbond substituents is 4. The summed E-state index contributed by atoms with van der Waals surface area (Å²) in [6, 6.07) is 25.2. The molecule has 0 fully saturated rings. The molecule has 6 heteroatoms. The Labute approximate surface area is 196 Å². The van der Waals surface area contributed by atoms with E-state index >= 15 is 0 Å². The van der Waals surface area contributed by atoms with Crippen molar-refractivity contribution in [3.05, 3.63) is 96.1 Å². The van der Waals surface area contributed by atoms with Crippen LogP contribution >= 0.6 is 23.5 Å². The number of aromatic hydroxyl groups is 4. The molecule has 0 aliphatic heterocycles. The van der Waals surface area contributed by atoms with Crippen LogP contribution in [0.3, 0.4) is 0 Å². The molecular weight excluding hydrogens is 440 g/mol. The SMILES string of the molecule is Cc1cc(Sc2ccc(O)c(C)c2)ccc1O.Oc1ccccc1Sc1ccccc1O. The average molecular weight is 465 g/mol. The van der Waals surface area contributed by atoms with E-state index in [-0.39, 0.29) is 11.5 Å². The molecule has 4 rings (SSSR count). The van der Waals surface area contributed by atoms with Crippen LogP contribution in [0.4, 0.5) is 0 Å². The number of hydrogen-bond donors (Lipinski definition) is 4. The largest absolute Gasteiger partial charge is 0.508 e. The van der Waals surface area contributed by atoms with Gasteiger partial charge >= 0.3 is 0 Å². The molecule has 0 atom stereocenters. The van der Waals surface area contributed by atoms with Crippen LogP contribution in [0.1, 0.15) is 11.1 Å². The minimum absolute atomic E-state index is 0.228.